The van der Waals surface area contributed by atoms with E-state index in [0.717, 1.165) is 25.7 Å². The van der Waals surface area contributed by atoms with Crippen LogP contribution in [0.3, 0.4) is 0 Å². The number of Topliss-reactive ketones (excluding diaryl/α,β-unsaturated/α-hetero) is 1. The topological polar surface area (TPSA) is 17.1 Å². The zero-order valence-electron chi connectivity index (χ0n) is 7.33. The number of fused-ring (bicyclic) bond motifs is 1. The normalized spacial score (nSPS) is 35.8. The van der Waals surface area contributed by atoms with E-state index in [2.05, 4.69) is 18.6 Å². The van der Waals surface area contributed by atoms with Crippen LogP contribution < -0.4 is 0 Å². The fourth-order valence-corrected chi connectivity index (χ4v) is 2.24. The van der Waals surface area contributed by atoms with E-state index in [1.165, 1.54) is 6.42 Å². The zero-order valence-corrected chi connectivity index (χ0v) is 7.33. The van der Waals surface area contributed by atoms with Crippen LogP contribution in [0.4, 0.5) is 0 Å². The third-order valence-corrected chi connectivity index (χ3v) is 2.94. The molecule has 2 unspecified atom stereocenters. The van der Waals surface area contributed by atoms with Gasteiger partial charge in [0.05, 0.1) is 0 Å². The van der Waals surface area contributed by atoms with Crippen LogP contribution >= 0.6 is 0 Å². The fraction of sp³-hybridized carbons (Fsp3) is 0.636. The van der Waals surface area contributed by atoms with Crippen LogP contribution in [0.2, 0.25) is 0 Å². The van der Waals surface area contributed by atoms with E-state index in [1.807, 2.05) is 0 Å². The van der Waals surface area contributed by atoms with Crippen molar-refractivity contribution >= 4 is 5.78 Å². The Hall–Kier alpha value is -0.590. The number of carbonyl (C=O) groups excluding carboxylic acids is 1. The van der Waals surface area contributed by atoms with E-state index in [4.69, 9.17) is 0 Å². The van der Waals surface area contributed by atoms with Gasteiger partial charge >= 0.3 is 0 Å². The maximum atomic E-state index is 11.6. The third kappa shape index (κ3) is 1.45. The number of allylic oxidation sites excluding steroid dienone is 2. The summed E-state index contributed by atoms with van der Waals surface area (Å²) in [5, 5.41) is 0. The average molecular weight is 163 g/mol. The number of rotatable bonds is 0. The van der Waals surface area contributed by atoms with Gasteiger partial charge in [0.1, 0.15) is 5.78 Å². The molecule has 0 aliphatic heterocycles. The van der Waals surface area contributed by atoms with Gasteiger partial charge in [-0.15, -0.1) is 0 Å². The highest BCUT2D eigenvalue weighted by atomic mass is 16.1. The smallest absolute Gasteiger partial charge is 0.140 e. The Morgan fingerprint density at radius 3 is 3.17 bits per heavy atom. The summed E-state index contributed by atoms with van der Waals surface area (Å²) < 4.78 is 0. The van der Waals surface area contributed by atoms with Crippen LogP contribution in [0.15, 0.2) is 12.2 Å². The lowest BCUT2D eigenvalue weighted by atomic mass is 9.80. The summed E-state index contributed by atoms with van der Waals surface area (Å²) >= 11 is 0. The molecule has 0 aromatic carbocycles. The molecule has 0 heterocycles. The summed E-state index contributed by atoms with van der Waals surface area (Å²) in [6.45, 7) is 0. The molecule has 1 heteroatoms. The van der Waals surface area contributed by atoms with Gasteiger partial charge in [-0.25, -0.2) is 0 Å². The lowest BCUT2D eigenvalue weighted by Crippen LogP contribution is -2.22. The standard InChI is InChI=1S/C11H15O/c12-11-8-4-2-6-9-5-1-3-7-10(9)11/h3,6-7,9-10H,1-2,4-5,8H2. The summed E-state index contributed by atoms with van der Waals surface area (Å²) in [7, 11) is 0. The van der Waals surface area contributed by atoms with Gasteiger partial charge in [0.25, 0.3) is 0 Å². The molecule has 2 aliphatic carbocycles. The molecule has 0 N–H and O–H groups in total. The van der Waals surface area contributed by atoms with Gasteiger partial charge < -0.3 is 0 Å². The monoisotopic (exact) mass is 163 g/mol. The highest BCUT2D eigenvalue weighted by molar-refractivity contribution is 5.83. The molecule has 0 aromatic rings. The van der Waals surface area contributed by atoms with Crippen molar-refractivity contribution in [3.05, 3.63) is 18.6 Å². The van der Waals surface area contributed by atoms with Gasteiger partial charge in [0, 0.05) is 12.3 Å². The van der Waals surface area contributed by atoms with E-state index in [9.17, 15) is 4.79 Å². The number of carbonyl (C=O) groups is 1. The molecule has 1 radical (unpaired) electrons. The van der Waals surface area contributed by atoms with Crippen molar-refractivity contribution in [2.45, 2.75) is 32.1 Å². The molecule has 65 valence electrons. The van der Waals surface area contributed by atoms with Gasteiger partial charge in [0.2, 0.25) is 0 Å². The first kappa shape index (κ1) is 8.03. The Labute approximate surface area is 73.8 Å². The fourth-order valence-electron chi connectivity index (χ4n) is 2.24. The first-order valence-corrected chi connectivity index (χ1v) is 4.90. The Morgan fingerprint density at radius 2 is 2.25 bits per heavy atom. The Balaban J connectivity index is 2.15. The second kappa shape index (κ2) is 3.42. The molecule has 0 amide bonds. The van der Waals surface area contributed by atoms with Crippen molar-refractivity contribution in [1.29, 1.82) is 0 Å². The number of hydrogen-bond acceptors (Lipinski definition) is 1. The first-order chi connectivity index (χ1) is 5.88. The summed E-state index contributed by atoms with van der Waals surface area (Å²) in [5.41, 5.74) is 0. The van der Waals surface area contributed by atoms with Gasteiger partial charge in [0.15, 0.2) is 0 Å². The molecule has 0 saturated heterocycles. The van der Waals surface area contributed by atoms with Crippen molar-refractivity contribution in [3.8, 4) is 0 Å². The van der Waals surface area contributed by atoms with Crippen molar-refractivity contribution in [1.82, 2.24) is 0 Å². The van der Waals surface area contributed by atoms with Gasteiger partial charge in [-0.3, -0.25) is 4.79 Å². The molecule has 1 fully saturated rings. The lowest BCUT2D eigenvalue weighted by molar-refractivity contribution is -0.122. The maximum absolute atomic E-state index is 11.6. The molecule has 2 atom stereocenters. The lowest BCUT2D eigenvalue weighted by Gasteiger charge is -2.23. The molecular weight excluding hydrogens is 148 g/mol. The van der Waals surface area contributed by atoms with Crippen LogP contribution in [0.25, 0.3) is 0 Å². The second-order valence-corrected chi connectivity index (χ2v) is 3.79. The summed E-state index contributed by atoms with van der Waals surface area (Å²) in [6, 6.07) is 0. The van der Waals surface area contributed by atoms with Crippen molar-refractivity contribution in [3.63, 3.8) is 0 Å². The van der Waals surface area contributed by atoms with E-state index in [-0.39, 0.29) is 5.92 Å². The summed E-state index contributed by atoms with van der Waals surface area (Å²) in [6.07, 6.45) is 12.0. The first-order valence-electron chi connectivity index (χ1n) is 4.90. The number of hydrogen-bond donors (Lipinski definition) is 0. The third-order valence-electron chi connectivity index (χ3n) is 2.94. The molecule has 0 aromatic heterocycles. The van der Waals surface area contributed by atoms with Crippen LogP contribution in [0.5, 0.6) is 0 Å². The van der Waals surface area contributed by atoms with Crippen molar-refractivity contribution in [2.24, 2.45) is 11.8 Å². The highest BCUT2D eigenvalue weighted by Gasteiger charge is 2.29. The van der Waals surface area contributed by atoms with Crippen LogP contribution in [0.1, 0.15) is 32.1 Å². The largest absolute Gasteiger partial charge is 0.299 e. The number of ketones is 1. The second-order valence-electron chi connectivity index (χ2n) is 3.79. The van der Waals surface area contributed by atoms with Crippen molar-refractivity contribution < 1.29 is 4.79 Å². The molecule has 12 heavy (non-hydrogen) atoms. The molecule has 0 bridgehead atoms. The van der Waals surface area contributed by atoms with Crippen LogP contribution in [0, 0.1) is 18.3 Å². The molecule has 2 aliphatic rings. The molecule has 1 saturated carbocycles. The quantitative estimate of drug-likeness (QED) is 0.501. The highest BCUT2D eigenvalue weighted by Crippen LogP contribution is 2.32. The Bertz CT molecular complexity index is 205. The summed E-state index contributed by atoms with van der Waals surface area (Å²) in [4.78, 5) is 11.6. The van der Waals surface area contributed by atoms with Gasteiger partial charge in [-0.1, -0.05) is 12.2 Å². The van der Waals surface area contributed by atoms with Crippen LogP contribution in [-0.2, 0) is 4.79 Å². The minimum absolute atomic E-state index is 0.237. The molecule has 1 nitrogen and oxygen atoms in total. The SMILES string of the molecule is O=C1CCC[CH]C2CCC=CC12. The van der Waals surface area contributed by atoms with E-state index >= 15 is 0 Å². The zero-order chi connectivity index (χ0) is 8.39. The maximum Gasteiger partial charge on any atom is 0.140 e. The van der Waals surface area contributed by atoms with Crippen molar-refractivity contribution in [2.75, 3.05) is 0 Å². The average Bonchev–Trinajstić information content (AvgIpc) is 2.29. The molecular formula is C11H15O. The predicted octanol–water partition coefficient (Wildman–Crippen LogP) is 2.53. The Kier molecular flexibility index (Phi) is 2.29. The van der Waals surface area contributed by atoms with Gasteiger partial charge in [-0.2, -0.15) is 0 Å². The van der Waals surface area contributed by atoms with Crippen LogP contribution in [-0.4, -0.2) is 5.78 Å². The minimum Gasteiger partial charge on any atom is -0.299 e. The molecule has 0 spiro atoms. The Morgan fingerprint density at radius 1 is 1.33 bits per heavy atom. The van der Waals surface area contributed by atoms with Gasteiger partial charge in [-0.05, 0) is 38.0 Å². The van der Waals surface area contributed by atoms with E-state index < -0.39 is 0 Å². The predicted molar refractivity (Wildman–Crippen MR) is 48.5 cm³/mol. The molecule has 2 rings (SSSR count). The van der Waals surface area contributed by atoms with E-state index in [1.54, 1.807) is 0 Å². The summed E-state index contributed by atoms with van der Waals surface area (Å²) in [5.74, 6) is 1.26. The van der Waals surface area contributed by atoms with E-state index in [0.29, 0.717) is 11.7 Å². The minimum atomic E-state index is 0.237.